The molecule has 0 radical (unpaired) electrons. The number of carbonyl (C=O) groups is 1. The summed E-state index contributed by atoms with van der Waals surface area (Å²) < 4.78 is 11.0. The number of ether oxygens (including phenoxy) is 2. The minimum Gasteiger partial charge on any atom is -0.494 e. The first-order valence-electron chi connectivity index (χ1n) is 12.1. The highest BCUT2D eigenvalue weighted by molar-refractivity contribution is 5.90. The Balaban J connectivity index is 1.51. The summed E-state index contributed by atoms with van der Waals surface area (Å²) >= 11 is 0. The van der Waals surface area contributed by atoms with Crippen molar-refractivity contribution in [3.05, 3.63) is 72.1 Å². The van der Waals surface area contributed by atoms with Gasteiger partial charge in [-0.25, -0.2) is 14.8 Å². The number of aryl methyl sites for hydroxylation is 1. The van der Waals surface area contributed by atoms with Gasteiger partial charge < -0.3 is 9.47 Å². The average molecular weight is 447 g/mol. The number of rotatable bonds is 13. The van der Waals surface area contributed by atoms with Crippen LogP contribution >= 0.6 is 0 Å². The molecule has 5 heteroatoms. The average Bonchev–Trinajstić information content (AvgIpc) is 2.85. The maximum Gasteiger partial charge on any atom is 0.344 e. The zero-order chi connectivity index (χ0) is 23.3. The van der Waals surface area contributed by atoms with E-state index in [1.807, 2.05) is 0 Å². The van der Waals surface area contributed by atoms with E-state index in [4.69, 9.17) is 9.47 Å². The van der Waals surface area contributed by atoms with Gasteiger partial charge in [-0.05, 0) is 49.1 Å². The van der Waals surface area contributed by atoms with Crippen molar-refractivity contribution in [1.82, 2.24) is 9.97 Å². The van der Waals surface area contributed by atoms with Crippen molar-refractivity contribution in [3.63, 3.8) is 0 Å². The second-order valence-electron chi connectivity index (χ2n) is 8.22. The fraction of sp³-hybridized carbons (Fsp3) is 0.393. The number of carbonyl (C=O) groups excluding carboxylic acids is 1. The summed E-state index contributed by atoms with van der Waals surface area (Å²) in [6, 6.07) is 15.4. The molecule has 174 valence electrons. The molecule has 1 heterocycles. The molecule has 0 saturated heterocycles. The van der Waals surface area contributed by atoms with E-state index < -0.39 is 5.97 Å². The van der Waals surface area contributed by atoms with Crippen LogP contribution in [0.2, 0.25) is 0 Å². The number of nitrogens with zero attached hydrogens (tertiary/aromatic N) is 2. The molecule has 33 heavy (non-hydrogen) atoms. The molecule has 5 nitrogen and oxygen atoms in total. The molecule has 0 bridgehead atoms. The quantitative estimate of drug-likeness (QED) is 0.208. The smallest absolute Gasteiger partial charge is 0.344 e. The molecule has 0 N–H and O–H groups in total. The van der Waals surface area contributed by atoms with Gasteiger partial charge in [0, 0.05) is 5.56 Å². The molecule has 0 aliphatic rings. The summed E-state index contributed by atoms with van der Waals surface area (Å²) in [6.45, 7) is 5.02. The fourth-order valence-corrected chi connectivity index (χ4v) is 3.47. The predicted octanol–water partition coefficient (Wildman–Crippen LogP) is 7.05. The van der Waals surface area contributed by atoms with Crippen LogP contribution in [0.4, 0.5) is 0 Å². The molecular formula is C28H34N2O3. The summed E-state index contributed by atoms with van der Waals surface area (Å²) in [5.74, 6) is 0.447. The molecule has 2 aromatic carbocycles. The van der Waals surface area contributed by atoms with Gasteiger partial charge in [0.25, 0.3) is 0 Å². The number of benzene rings is 2. The van der Waals surface area contributed by atoms with Crippen LogP contribution in [0.1, 0.15) is 74.7 Å². The van der Waals surface area contributed by atoms with Gasteiger partial charge in [0.2, 0.25) is 5.88 Å². The third-order valence-electron chi connectivity index (χ3n) is 5.50. The molecule has 3 rings (SSSR count). The van der Waals surface area contributed by atoms with Crippen molar-refractivity contribution in [2.45, 2.75) is 65.2 Å². The third kappa shape index (κ3) is 8.01. The topological polar surface area (TPSA) is 61.3 Å². The molecule has 0 aliphatic carbocycles. The molecule has 0 spiro atoms. The predicted molar refractivity (Wildman–Crippen MR) is 132 cm³/mol. The Hall–Kier alpha value is -3.21. The lowest BCUT2D eigenvalue weighted by atomic mass is 10.0. The lowest BCUT2D eigenvalue weighted by molar-refractivity contribution is 0.0727. The van der Waals surface area contributed by atoms with Crippen LogP contribution < -0.4 is 9.47 Å². The number of hydrogen-bond donors (Lipinski definition) is 0. The Morgan fingerprint density at radius 1 is 0.788 bits per heavy atom. The zero-order valence-corrected chi connectivity index (χ0v) is 19.8. The van der Waals surface area contributed by atoms with E-state index in [2.05, 4.69) is 48.1 Å². The summed E-state index contributed by atoms with van der Waals surface area (Å²) in [6.07, 6.45) is 12.7. The van der Waals surface area contributed by atoms with Gasteiger partial charge in [0.05, 0.1) is 30.3 Å². The third-order valence-corrected chi connectivity index (χ3v) is 5.50. The highest BCUT2D eigenvalue weighted by Crippen LogP contribution is 2.20. The second-order valence-corrected chi connectivity index (χ2v) is 8.22. The van der Waals surface area contributed by atoms with Crippen molar-refractivity contribution >= 4 is 5.97 Å². The first-order valence-corrected chi connectivity index (χ1v) is 12.1. The van der Waals surface area contributed by atoms with Gasteiger partial charge >= 0.3 is 5.97 Å². The molecule has 0 atom stereocenters. The van der Waals surface area contributed by atoms with E-state index in [9.17, 15) is 4.79 Å². The van der Waals surface area contributed by atoms with Crippen molar-refractivity contribution in [3.8, 4) is 22.9 Å². The van der Waals surface area contributed by atoms with Crippen LogP contribution in [-0.4, -0.2) is 22.5 Å². The Morgan fingerprint density at radius 2 is 1.52 bits per heavy atom. The molecule has 1 aromatic heterocycles. The Morgan fingerprint density at radius 3 is 2.18 bits per heavy atom. The zero-order valence-electron chi connectivity index (χ0n) is 19.8. The summed E-state index contributed by atoms with van der Waals surface area (Å²) in [5, 5.41) is 0. The van der Waals surface area contributed by atoms with Gasteiger partial charge in [-0.1, -0.05) is 70.2 Å². The SMILES string of the molecule is CCCCCCCc1ccc(-c2cnc(OC(=O)c3ccc(OCCCC)cc3)cn2)cc1. The number of hydrogen-bond acceptors (Lipinski definition) is 5. The van der Waals surface area contributed by atoms with Gasteiger partial charge in [0.15, 0.2) is 0 Å². The van der Waals surface area contributed by atoms with E-state index in [0.717, 1.165) is 36.3 Å². The lowest BCUT2D eigenvalue weighted by Crippen LogP contribution is -2.09. The molecule has 0 unspecified atom stereocenters. The Kier molecular flexibility index (Phi) is 9.89. The second kappa shape index (κ2) is 13.4. The van der Waals surface area contributed by atoms with Crippen LogP contribution in [0.3, 0.4) is 0 Å². The molecular weight excluding hydrogens is 412 g/mol. The minimum atomic E-state index is -0.472. The number of aromatic nitrogens is 2. The summed E-state index contributed by atoms with van der Waals surface area (Å²) in [4.78, 5) is 21.1. The van der Waals surface area contributed by atoms with Gasteiger partial charge in [0.1, 0.15) is 5.75 Å². The van der Waals surface area contributed by atoms with Gasteiger partial charge in [-0.2, -0.15) is 0 Å². The van der Waals surface area contributed by atoms with E-state index in [-0.39, 0.29) is 5.88 Å². The first kappa shape index (κ1) is 24.4. The first-order chi connectivity index (χ1) is 16.2. The van der Waals surface area contributed by atoms with E-state index in [1.54, 1.807) is 30.5 Å². The minimum absolute atomic E-state index is 0.177. The van der Waals surface area contributed by atoms with Gasteiger partial charge in [-0.15, -0.1) is 0 Å². The highest BCUT2D eigenvalue weighted by Gasteiger charge is 2.11. The van der Waals surface area contributed by atoms with Crippen LogP contribution in [-0.2, 0) is 6.42 Å². The monoisotopic (exact) mass is 446 g/mol. The fourth-order valence-electron chi connectivity index (χ4n) is 3.47. The summed E-state index contributed by atoms with van der Waals surface area (Å²) in [5.41, 5.74) is 3.52. The van der Waals surface area contributed by atoms with Crippen LogP contribution in [0, 0.1) is 0 Å². The molecule has 0 fully saturated rings. The van der Waals surface area contributed by atoms with Crippen LogP contribution in [0.25, 0.3) is 11.3 Å². The maximum atomic E-state index is 12.4. The molecule has 3 aromatic rings. The lowest BCUT2D eigenvalue weighted by Gasteiger charge is -2.07. The molecule has 0 amide bonds. The van der Waals surface area contributed by atoms with Crippen LogP contribution in [0.5, 0.6) is 11.6 Å². The van der Waals surface area contributed by atoms with E-state index >= 15 is 0 Å². The molecule has 0 saturated carbocycles. The maximum absolute atomic E-state index is 12.4. The molecule has 0 aliphatic heterocycles. The van der Waals surface area contributed by atoms with Crippen molar-refractivity contribution in [2.24, 2.45) is 0 Å². The number of unbranched alkanes of at least 4 members (excludes halogenated alkanes) is 5. The largest absolute Gasteiger partial charge is 0.494 e. The van der Waals surface area contributed by atoms with Crippen LogP contribution in [0.15, 0.2) is 60.9 Å². The van der Waals surface area contributed by atoms with E-state index in [0.29, 0.717) is 12.2 Å². The standard InChI is InChI=1S/C28H34N2O3/c1-3-5-7-8-9-10-22-11-13-23(14-12-22)26-20-30-27(21-29-26)33-28(31)24-15-17-25(18-16-24)32-19-6-4-2/h11-18,20-21H,3-10,19H2,1-2H3. The van der Waals surface area contributed by atoms with Gasteiger partial charge in [-0.3, -0.25) is 0 Å². The highest BCUT2D eigenvalue weighted by atomic mass is 16.5. The van der Waals surface area contributed by atoms with Crippen molar-refractivity contribution in [2.75, 3.05) is 6.61 Å². The Bertz CT molecular complexity index is 968. The number of esters is 1. The normalized spacial score (nSPS) is 10.7. The van der Waals surface area contributed by atoms with E-state index in [1.165, 1.54) is 43.9 Å². The summed E-state index contributed by atoms with van der Waals surface area (Å²) in [7, 11) is 0. The van der Waals surface area contributed by atoms with Crippen molar-refractivity contribution in [1.29, 1.82) is 0 Å². The Labute approximate surface area is 197 Å². The van der Waals surface area contributed by atoms with Crippen molar-refractivity contribution < 1.29 is 14.3 Å².